The Morgan fingerprint density at radius 3 is 1.13 bits per heavy atom. The second-order valence-electron chi connectivity index (χ2n) is 12.1. The Morgan fingerprint density at radius 1 is 0.415 bits per heavy atom. The number of nitrogens with zero attached hydrogens (tertiary/aromatic N) is 2. The van der Waals surface area contributed by atoms with Crippen LogP contribution < -0.4 is 31.1 Å². The second-order valence-corrected chi connectivity index (χ2v) is 12.1. The Balaban J connectivity index is 0.915. The molecule has 4 N–H and O–H groups in total. The van der Waals surface area contributed by atoms with Gasteiger partial charge < -0.3 is 21.3 Å². The molecular formula is C41H30N6O6. The van der Waals surface area contributed by atoms with Gasteiger partial charge in [-0.3, -0.25) is 19.2 Å². The third kappa shape index (κ3) is 7.47. The van der Waals surface area contributed by atoms with E-state index in [-0.39, 0.29) is 23.6 Å². The van der Waals surface area contributed by atoms with Gasteiger partial charge in [0.05, 0.1) is 11.4 Å². The maximum atomic E-state index is 12.9. The standard InChI is InChI=1S/C41H30N6O6/c1-25-2-11-32(44-40(52)42-30-12-3-26(4-13-30)28-7-16-33(17-8-28)46-36(48)20-21-37(46)49)24-35(25)45-41(53)43-31-14-5-27(6-15-31)29-9-18-34(19-10-29)47-38(50)22-23-39(47)51/h2-24H,1H3,(H2,42,44,52)(H2,43,45,53). The molecule has 0 aliphatic carbocycles. The highest BCUT2D eigenvalue weighted by Gasteiger charge is 2.26. The fourth-order valence-electron chi connectivity index (χ4n) is 5.82. The minimum Gasteiger partial charge on any atom is -0.308 e. The third-order valence-corrected chi connectivity index (χ3v) is 8.57. The Kier molecular flexibility index (Phi) is 9.16. The van der Waals surface area contributed by atoms with Crippen LogP contribution in [0.25, 0.3) is 22.3 Å². The maximum Gasteiger partial charge on any atom is 0.323 e. The molecule has 2 aliphatic rings. The van der Waals surface area contributed by atoms with Crippen molar-refractivity contribution in [2.75, 3.05) is 31.1 Å². The molecule has 0 spiro atoms. The number of hydrogen-bond donors (Lipinski definition) is 4. The van der Waals surface area contributed by atoms with Crippen molar-refractivity contribution in [3.63, 3.8) is 0 Å². The molecule has 53 heavy (non-hydrogen) atoms. The first-order chi connectivity index (χ1) is 25.6. The second kappa shape index (κ2) is 14.3. The molecule has 8 amide bonds. The van der Waals surface area contributed by atoms with Gasteiger partial charge in [0.25, 0.3) is 23.6 Å². The molecule has 2 aliphatic heterocycles. The molecule has 12 heteroatoms. The highest BCUT2D eigenvalue weighted by atomic mass is 16.2. The Bertz CT molecular complexity index is 2310. The highest BCUT2D eigenvalue weighted by molar-refractivity contribution is 6.28. The molecule has 260 valence electrons. The Labute approximate surface area is 303 Å². The Hall–Kier alpha value is -7.60. The molecule has 0 atom stereocenters. The highest BCUT2D eigenvalue weighted by Crippen LogP contribution is 2.28. The van der Waals surface area contributed by atoms with Gasteiger partial charge in [0.15, 0.2) is 0 Å². The number of carbonyl (C=O) groups excluding carboxylic acids is 6. The Morgan fingerprint density at radius 2 is 0.736 bits per heavy atom. The van der Waals surface area contributed by atoms with Gasteiger partial charge in [-0.05, 0) is 95.4 Å². The van der Waals surface area contributed by atoms with E-state index in [0.29, 0.717) is 34.1 Å². The first kappa shape index (κ1) is 33.9. The summed E-state index contributed by atoms with van der Waals surface area (Å²) in [6.07, 6.45) is 4.96. The van der Waals surface area contributed by atoms with Crippen molar-refractivity contribution >= 4 is 69.8 Å². The van der Waals surface area contributed by atoms with Crippen molar-refractivity contribution < 1.29 is 28.8 Å². The van der Waals surface area contributed by atoms with E-state index in [2.05, 4.69) is 21.3 Å². The van der Waals surface area contributed by atoms with E-state index in [1.807, 2.05) is 55.5 Å². The van der Waals surface area contributed by atoms with Crippen LogP contribution in [0.15, 0.2) is 140 Å². The van der Waals surface area contributed by atoms with Crippen molar-refractivity contribution in [1.29, 1.82) is 0 Å². The van der Waals surface area contributed by atoms with E-state index >= 15 is 0 Å². The summed E-state index contributed by atoms with van der Waals surface area (Å²) in [4.78, 5) is 75.7. The van der Waals surface area contributed by atoms with E-state index in [9.17, 15) is 28.8 Å². The van der Waals surface area contributed by atoms with Crippen molar-refractivity contribution in [2.45, 2.75) is 6.92 Å². The number of imide groups is 2. The number of anilines is 6. The number of nitrogens with one attached hydrogen (secondary N) is 4. The number of urea groups is 2. The molecule has 5 aromatic rings. The molecule has 0 fully saturated rings. The number of amides is 8. The summed E-state index contributed by atoms with van der Waals surface area (Å²) in [6, 6.07) is 32.7. The topological polar surface area (TPSA) is 157 Å². The summed E-state index contributed by atoms with van der Waals surface area (Å²) in [5.74, 6) is -1.51. The van der Waals surface area contributed by atoms with Crippen LogP contribution in [0, 0.1) is 6.92 Å². The number of rotatable bonds is 8. The normalized spacial score (nSPS) is 13.5. The molecule has 0 saturated heterocycles. The van der Waals surface area contributed by atoms with E-state index in [1.54, 1.807) is 66.7 Å². The van der Waals surface area contributed by atoms with Crippen LogP contribution in [0.3, 0.4) is 0 Å². The van der Waals surface area contributed by atoms with Gasteiger partial charge in [0.2, 0.25) is 0 Å². The van der Waals surface area contributed by atoms with Crippen LogP contribution in [0.2, 0.25) is 0 Å². The number of benzene rings is 5. The monoisotopic (exact) mass is 702 g/mol. The predicted octanol–water partition coefficient (Wildman–Crippen LogP) is 7.48. The van der Waals surface area contributed by atoms with Crippen LogP contribution in [-0.4, -0.2) is 35.7 Å². The van der Waals surface area contributed by atoms with E-state index < -0.39 is 12.1 Å². The van der Waals surface area contributed by atoms with Gasteiger partial charge in [-0.1, -0.05) is 54.6 Å². The lowest BCUT2D eigenvalue weighted by Gasteiger charge is -2.15. The van der Waals surface area contributed by atoms with Crippen LogP contribution in [0.1, 0.15) is 5.56 Å². The largest absolute Gasteiger partial charge is 0.323 e. The first-order valence-electron chi connectivity index (χ1n) is 16.4. The van der Waals surface area contributed by atoms with E-state index in [4.69, 9.17) is 0 Å². The minimum atomic E-state index is -0.473. The molecule has 12 nitrogen and oxygen atoms in total. The number of carbonyl (C=O) groups is 6. The van der Waals surface area contributed by atoms with Gasteiger partial charge in [-0.2, -0.15) is 0 Å². The molecule has 0 aromatic heterocycles. The summed E-state index contributed by atoms with van der Waals surface area (Å²) < 4.78 is 0. The number of hydrogen-bond acceptors (Lipinski definition) is 6. The minimum absolute atomic E-state index is 0.377. The summed E-state index contributed by atoms with van der Waals surface area (Å²) in [5.41, 5.74) is 7.35. The average molecular weight is 703 g/mol. The van der Waals surface area contributed by atoms with Gasteiger partial charge in [-0.25, -0.2) is 19.4 Å². The zero-order valence-electron chi connectivity index (χ0n) is 28.1. The van der Waals surface area contributed by atoms with Gasteiger partial charge in [0, 0.05) is 47.1 Å². The van der Waals surface area contributed by atoms with Crippen LogP contribution >= 0.6 is 0 Å². The lowest BCUT2D eigenvalue weighted by Crippen LogP contribution is -2.29. The molecule has 5 aromatic carbocycles. The molecule has 0 radical (unpaired) electrons. The fraction of sp³-hybridized carbons (Fsp3) is 0.0244. The molecule has 0 bridgehead atoms. The van der Waals surface area contributed by atoms with Crippen molar-refractivity contribution in [3.05, 3.63) is 145 Å². The summed E-state index contributed by atoms with van der Waals surface area (Å²) in [6.45, 7) is 1.84. The van der Waals surface area contributed by atoms with Crippen LogP contribution in [-0.2, 0) is 19.2 Å². The van der Waals surface area contributed by atoms with Crippen molar-refractivity contribution in [2.24, 2.45) is 0 Å². The smallest absolute Gasteiger partial charge is 0.308 e. The van der Waals surface area contributed by atoms with E-state index in [1.165, 1.54) is 24.3 Å². The maximum absolute atomic E-state index is 12.9. The fourth-order valence-corrected chi connectivity index (χ4v) is 5.82. The van der Waals surface area contributed by atoms with E-state index in [0.717, 1.165) is 37.6 Å². The molecule has 7 rings (SSSR count). The third-order valence-electron chi connectivity index (χ3n) is 8.57. The van der Waals surface area contributed by atoms with Crippen molar-refractivity contribution in [1.82, 2.24) is 0 Å². The van der Waals surface area contributed by atoms with Crippen LogP contribution in [0.5, 0.6) is 0 Å². The first-order valence-corrected chi connectivity index (χ1v) is 16.4. The molecular weight excluding hydrogens is 672 g/mol. The molecule has 0 unspecified atom stereocenters. The van der Waals surface area contributed by atoms with Gasteiger partial charge >= 0.3 is 12.1 Å². The SMILES string of the molecule is Cc1ccc(NC(=O)Nc2ccc(-c3ccc(N4C(=O)C=CC4=O)cc3)cc2)cc1NC(=O)Nc1ccc(-c2ccc(N3C(=O)C=CC3=O)cc2)cc1. The molecule has 0 saturated carbocycles. The number of aryl methyl sites for hydroxylation is 1. The van der Waals surface area contributed by atoms with Gasteiger partial charge in [0.1, 0.15) is 0 Å². The summed E-state index contributed by atoms with van der Waals surface area (Å²) in [7, 11) is 0. The summed E-state index contributed by atoms with van der Waals surface area (Å²) in [5, 5.41) is 11.2. The zero-order chi connectivity index (χ0) is 37.1. The zero-order valence-corrected chi connectivity index (χ0v) is 28.1. The summed E-state index contributed by atoms with van der Waals surface area (Å²) >= 11 is 0. The average Bonchev–Trinajstić information content (AvgIpc) is 3.68. The van der Waals surface area contributed by atoms with Crippen LogP contribution in [0.4, 0.5) is 43.7 Å². The lowest BCUT2D eigenvalue weighted by molar-refractivity contribution is -0.121. The molecule has 2 heterocycles. The van der Waals surface area contributed by atoms with Gasteiger partial charge in [-0.15, -0.1) is 0 Å². The lowest BCUT2D eigenvalue weighted by atomic mass is 10.0. The predicted molar refractivity (Wildman–Crippen MR) is 203 cm³/mol. The quantitative estimate of drug-likeness (QED) is 0.123. The van der Waals surface area contributed by atoms with Crippen molar-refractivity contribution in [3.8, 4) is 22.3 Å².